The first-order valence-corrected chi connectivity index (χ1v) is 6.75. The predicted octanol–water partition coefficient (Wildman–Crippen LogP) is 2.13. The fourth-order valence-electron chi connectivity index (χ4n) is 2.40. The molecule has 1 aromatic heterocycles. The third kappa shape index (κ3) is 2.32. The van der Waals surface area contributed by atoms with Gasteiger partial charge in [0.2, 0.25) is 0 Å². The predicted molar refractivity (Wildman–Crippen MR) is 78.4 cm³/mol. The summed E-state index contributed by atoms with van der Waals surface area (Å²) in [5.74, 6) is 0.291. The molecule has 110 valence electrons. The van der Waals surface area contributed by atoms with Crippen LogP contribution in [-0.4, -0.2) is 22.6 Å². The molecule has 0 atom stereocenters. The third-order valence-corrected chi connectivity index (χ3v) is 3.25. The van der Waals surface area contributed by atoms with Crippen molar-refractivity contribution in [3.63, 3.8) is 0 Å². The van der Waals surface area contributed by atoms with Crippen molar-refractivity contribution in [2.24, 2.45) is 0 Å². The lowest BCUT2D eigenvalue weighted by Crippen LogP contribution is -2.53. The van der Waals surface area contributed by atoms with E-state index in [1.165, 1.54) is 0 Å². The van der Waals surface area contributed by atoms with E-state index in [-0.39, 0.29) is 23.6 Å². The monoisotopic (exact) mass is 278 g/mol. The Morgan fingerprint density at radius 1 is 1.05 bits per heavy atom. The van der Waals surface area contributed by atoms with Crippen molar-refractivity contribution in [3.8, 4) is 5.75 Å². The number of rotatable bonds is 0. The van der Waals surface area contributed by atoms with Crippen LogP contribution in [0.2, 0.25) is 0 Å². The highest BCUT2D eigenvalue weighted by atomic mass is 16.5. The molecule has 0 unspecified atom stereocenters. The van der Waals surface area contributed by atoms with Gasteiger partial charge in [0.25, 0.3) is 11.5 Å². The summed E-state index contributed by atoms with van der Waals surface area (Å²) < 4.78 is 7.04. The number of hydrogen-bond donors (Lipinski definition) is 0. The Morgan fingerprint density at radius 2 is 1.65 bits per heavy atom. The number of ether oxygens (including phenoxy) is 1. The van der Waals surface area contributed by atoms with Crippen LogP contribution in [-0.2, 0) is 10.3 Å². The van der Waals surface area contributed by atoms with Crippen molar-refractivity contribution in [1.29, 1.82) is 0 Å². The Kier molecular flexibility index (Phi) is 3.19. The van der Waals surface area contributed by atoms with E-state index in [2.05, 4.69) is 0 Å². The molecule has 20 heavy (non-hydrogen) atoms. The van der Waals surface area contributed by atoms with Crippen molar-refractivity contribution in [1.82, 2.24) is 4.57 Å². The Balaban J connectivity index is 2.73. The molecule has 5 nitrogen and oxygen atoms in total. The summed E-state index contributed by atoms with van der Waals surface area (Å²) in [5, 5.41) is 0. The van der Waals surface area contributed by atoms with Crippen molar-refractivity contribution >= 4 is 11.6 Å². The van der Waals surface area contributed by atoms with Gasteiger partial charge in [-0.1, -0.05) is 0 Å². The van der Waals surface area contributed by atoms with Crippen LogP contribution >= 0.6 is 0 Å². The summed E-state index contributed by atoms with van der Waals surface area (Å²) in [5.41, 5.74) is -0.675. The molecule has 0 saturated heterocycles. The molecule has 1 amide bonds. The summed E-state index contributed by atoms with van der Waals surface area (Å²) >= 11 is 0. The zero-order valence-electron chi connectivity index (χ0n) is 13.0. The van der Waals surface area contributed by atoms with Gasteiger partial charge in [-0.25, -0.2) is 0 Å². The van der Waals surface area contributed by atoms with Crippen molar-refractivity contribution in [2.75, 3.05) is 11.5 Å². The Morgan fingerprint density at radius 3 is 2.15 bits per heavy atom. The number of amides is 1. The number of fused-ring (bicyclic) bond motifs is 1. The highest BCUT2D eigenvalue weighted by Gasteiger charge is 2.37. The van der Waals surface area contributed by atoms with E-state index in [0.29, 0.717) is 11.4 Å². The molecule has 1 aliphatic heterocycles. The molecule has 0 aliphatic carbocycles. The number of pyridine rings is 1. The first-order chi connectivity index (χ1) is 9.03. The van der Waals surface area contributed by atoms with Gasteiger partial charge in [0, 0.05) is 17.3 Å². The fraction of sp³-hybridized carbons (Fsp3) is 0.600. The van der Waals surface area contributed by atoms with Crippen molar-refractivity contribution < 1.29 is 9.53 Å². The van der Waals surface area contributed by atoms with Crippen molar-refractivity contribution in [3.05, 3.63) is 22.6 Å². The summed E-state index contributed by atoms with van der Waals surface area (Å²) in [7, 11) is 0. The number of carbonyl (C=O) groups is 1. The van der Waals surface area contributed by atoms with E-state index in [1.807, 2.05) is 41.5 Å². The van der Waals surface area contributed by atoms with Gasteiger partial charge in [0.05, 0.1) is 0 Å². The summed E-state index contributed by atoms with van der Waals surface area (Å²) in [4.78, 5) is 26.5. The highest BCUT2D eigenvalue weighted by molar-refractivity contribution is 5.98. The van der Waals surface area contributed by atoms with Crippen LogP contribution in [0, 0.1) is 0 Å². The largest absolute Gasteiger partial charge is 0.481 e. The molecule has 2 rings (SSSR count). The lowest BCUT2D eigenvalue weighted by molar-refractivity contribution is -0.122. The van der Waals surface area contributed by atoms with Crippen LogP contribution in [0.15, 0.2) is 17.1 Å². The van der Waals surface area contributed by atoms with E-state index in [4.69, 9.17) is 4.74 Å². The smallest absolute Gasteiger partial charge is 0.278 e. The minimum Gasteiger partial charge on any atom is -0.481 e. The number of nitrogens with zero attached hydrogens (tertiary/aromatic N) is 2. The maximum absolute atomic E-state index is 12.8. The normalized spacial score (nSPS) is 15.9. The molecule has 0 spiro atoms. The second-order valence-corrected chi connectivity index (χ2v) is 7.06. The van der Waals surface area contributed by atoms with E-state index >= 15 is 0 Å². The maximum atomic E-state index is 12.8. The minimum atomic E-state index is -0.466. The molecule has 1 aromatic rings. The first kappa shape index (κ1) is 14.6. The van der Waals surface area contributed by atoms with Gasteiger partial charge in [0.15, 0.2) is 18.0 Å². The molecule has 2 heterocycles. The summed E-state index contributed by atoms with van der Waals surface area (Å²) in [6.07, 6.45) is 1.72. The topological polar surface area (TPSA) is 51.5 Å². The van der Waals surface area contributed by atoms with Gasteiger partial charge in [-0.05, 0) is 47.6 Å². The zero-order valence-corrected chi connectivity index (χ0v) is 13.0. The van der Waals surface area contributed by atoms with E-state index in [9.17, 15) is 9.59 Å². The van der Waals surface area contributed by atoms with Gasteiger partial charge in [-0.3, -0.25) is 14.5 Å². The Bertz CT molecular complexity index is 603. The number of hydrogen-bond acceptors (Lipinski definition) is 3. The Labute approximate surface area is 119 Å². The number of carbonyl (C=O) groups excluding carboxylic acids is 1. The second kappa shape index (κ2) is 4.36. The second-order valence-electron chi connectivity index (χ2n) is 7.06. The minimum absolute atomic E-state index is 0.0246. The molecule has 0 N–H and O–H groups in total. The molecule has 5 heteroatoms. The molecular weight excluding hydrogens is 256 g/mol. The average Bonchev–Trinajstić information content (AvgIpc) is 2.26. The molecule has 0 radical (unpaired) electrons. The average molecular weight is 278 g/mol. The third-order valence-electron chi connectivity index (χ3n) is 3.25. The van der Waals surface area contributed by atoms with E-state index < -0.39 is 5.54 Å². The molecule has 0 bridgehead atoms. The summed E-state index contributed by atoms with van der Waals surface area (Å²) in [6.45, 7) is 11.6. The van der Waals surface area contributed by atoms with Gasteiger partial charge in [-0.2, -0.15) is 0 Å². The lowest BCUT2D eigenvalue weighted by atomic mass is 10.0. The van der Waals surface area contributed by atoms with Gasteiger partial charge >= 0.3 is 0 Å². The number of anilines is 1. The van der Waals surface area contributed by atoms with Crippen LogP contribution in [0.3, 0.4) is 0 Å². The fourth-order valence-corrected chi connectivity index (χ4v) is 2.40. The highest BCUT2D eigenvalue weighted by Crippen LogP contribution is 2.33. The van der Waals surface area contributed by atoms with Gasteiger partial charge in [-0.15, -0.1) is 0 Å². The van der Waals surface area contributed by atoms with Crippen LogP contribution in [0.4, 0.5) is 5.69 Å². The zero-order chi connectivity index (χ0) is 15.3. The van der Waals surface area contributed by atoms with Crippen LogP contribution in [0.25, 0.3) is 0 Å². The first-order valence-electron chi connectivity index (χ1n) is 6.75. The molecule has 0 aromatic carbocycles. The van der Waals surface area contributed by atoms with Crippen LogP contribution < -0.4 is 15.2 Å². The number of aromatic nitrogens is 1. The molecular formula is C15H22N2O3. The molecule has 1 aliphatic rings. The van der Waals surface area contributed by atoms with Gasteiger partial charge < -0.3 is 9.30 Å². The van der Waals surface area contributed by atoms with Crippen LogP contribution in [0.1, 0.15) is 41.5 Å². The van der Waals surface area contributed by atoms with Gasteiger partial charge in [0.1, 0.15) is 0 Å². The molecule has 0 saturated carbocycles. The van der Waals surface area contributed by atoms with Crippen LogP contribution in [0.5, 0.6) is 5.75 Å². The van der Waals surface area contributed by atoms with Crippen molar-refractivity contribution in [2.45, 2.75) is 52.6 Å². The molecule has 0 fully saturated rings. The lowest BCUT2D eigenvalue weighted by Gasteiger charge is -2.39. The van der Waals surface area contributed by atoms with E-state index in [1.54, 1.807) is 21.7 Å². The quantitative estimate of drug-likeness (QED) is 0.730. The SMILES string of the molecule is CC(C)(C)N1C(=O)COc2ccn(C(C)(C)C)c(=O)c21. The summed E-state index contributed by atoms with van der Waals surface area (Å²) in [6, 6.07) is 1.76. The Hall–Kier alpha value is -1.78. The maximum Gasteiger partial charge on any atom is 0.278 e. The van der Waals surface area contributed by atoms with E-state index in [0.717, 1.165) is 0 Å². The standard InChI is InChI=1S/C15H22N2O3/c1-14(2,3)16-8-7-10-12(13(16)19)17(15(4,5)6)11(18)9-20-10/h7-8H,9H2,1-6H3.